The Kier molecular flexibility index (Phi) is 4.51. The van der Waals surface area contributed by atoms with Crippen molar-refractivity contribution in [3.05, 3.63) is 35.1 Å². The minimum atomic E-state index is -1.08. The van der Waals surface area contributed by atoms with E-state index in [4.69, 9.17) is 11.6 Å². The molecule has 84 valence electrons. The molecule has 1 aromatic carbocycles. The number of hydrogen-bond acceptors (Lipinski definition) is 2. The van der Waals surface area contributed by atoms with Crippen LogP contribution in [0.1, 0.15) is 23.7 Å². The Bertz CT molecular complexity index is 330. The van der Waals surface area contributed by atoms with Gasteiger partial charge in [0.25, 0.3) is 0 Å². The first kappa shape index (κ1) is 12.4. The van der Waals surface area contributed by atoms with Crippen molar-refractivity contribution >= 4 is 11.6 Å². The van der Waals surface area contributed by atoms with Crippen molar-refractivity contribution in [2.24, 2.45) is 0 Å². The third kappa shape index (κ3) is 3.16. The van der Waals surface area contributed by atoms with Gasteiger partial charge in [0.2, 0.25) is 0 Å². The van der Waals surface area contributed by atoms with Crippen LogP contribution in [0, 0.1) is 12.7 Å². The van der Waals surface area contributed by atoms with Crippen LogP contribution in [0.3, 0.4) is 0 Å². The van der Waals surface area contributed by atoms with Crippen LogP contribution in [-0.4, -0.2) is 22.2 Å². The van der Waals surface area contributed by atoms with Gasteiger partial charge in [-0.25, -0.2) is 4.39 Å². The highest BCUT2D eigenvalue weighted by atomic mass is 35.5. The summed E-state index contributed by atoms with van der Waals surface area (Å²) in [4.78, 5) is 0. The maximum Gasteiger partial charge on any atom is 0.123 e. The molecule has 2 atom stereocenters. The molecular formula is C11H14ClFO2. The van der Waals surface area contributed by atoms with Crippen molar-refractivity contribution in [1.29, 1.82) is 0 Å². The van der Waals surface area contributed by atoms with E-state index in [0.717, 1.165) is 5.56 Å². The molecule has 0 bridgehead atoms. The zero-order valence-corrected chi connectivity index (χ0v) is 9.21. The molecule has 0 aliphatic carbocycles. The van der Waals surface area contributed by atoms with Crippen molar-refractivity contribution in [1.82, 2.24) is 0 Å². The average molecular weight is 233 g/mol. The van der Waals surface area contributed by atoms with Gasteiger partial charge in [-0.3, -0.25) is 0 Å². The number of alkyl halides is 1. The number of aryl methyl sites for hydroxylation is 1. The minimum Gasteiger partial charge on any atom is -0.390 e. The number of aliphatic hydroxyl groups excluding tert-OH is 2. The summed E-state index contributed by atoms with van der Waals surface area (Å²) in [6, 6.07) is 4.12. The molecule has 1 rings (SSSR count). The normalized spacial score (nSPS) is 15.0. The van der Waals surface area contributed by atoms with Gasteiger partial charge in [0.15, 0.2) is 0 Å². The fourth-order valence-electron chi connectivity index (χ4n) is 1.41. The van der Waals surface area contributed by atoms with E-state index >= 15 is 0 Å². The second-order valence-corrected chi connectivity index (χ2v) is 3.87. The second kappa shape index (κ2) is 5.45. The molecule has 0 fully saturated rings. The largest absolute Gasteiger partial charge is 0.390 e. The van der Waals surface area contributed by atoms with Crippen molar-refractivity contribution in [3.8, 4) is 0 Å². The van der Waals surface area contributed by atoms with Crippen LogP contribution >= 0.6 is 11.6 Å². The summed E-state index contributed by atoms with van der Waals surface area (Å²) in [5, 5.41) is 19.3. The molecule has 2 nitrogen and oxygen atoms in total. The number of rotatable bonds is 4. The number of aliphatic hydroxyl groups is 2. The molecule has 0 aliphatic rings. The molecule has 4 heteroatoms. The van der Waals surface area contributed by atoms with Crippen LogP contribution in [0.4, 0.5) is 4.39 Å². The first-order valence-corrected chi connectivity index (χ1v) is 5.28. The summed E-state index contributed by atoms with van der Waals surface area (Å²) in [5.74, 6) is -0.167. The molecule has 0 heterocycles. The SMILES string of the molecule is Cc1ccc(F)cc1C(O)C(O)CCCl. The lowest BCUT2D eigenvalue weighted by Crippen LogP contribution is -2.19. The second-order valence-electron chi connectivity index (χ2n) is 3.49. The topological polar surface area (TPSA) is 40.5 Å². The molecule has 0 aliphatic heterocycles. The maximum atomic E-state index is 12.9. The Morgan fingerprint density at radius 3 is 2.67 bits per heavy atom. The standard InChI is InChI=1S/C11H14ClFO2/c1-7-2-3-8(13)6-9(7)11(15)10(14)4-5-12/h2-3,6,10-11,14-15H,4-5H2,1H3. The van der Waals surface area contributed by atoms with Gasteiger partial charge in [-0.15, -0.1) is 11.6 Å². The van der Waals surface area contributed by atoms with E-state index in [2.05, 4.69) is 0 Å². The number of halogens is 2. The van der Waals surface area contributed by atoms with E-state index in [1.54, 1.807) is 13.0 Å². The lowest BCUT2D eigenvalue weighted by Gasteiger charge is -2.19. The quantitative estimate of drug-likeness (QED) is 0.781. The van der Waals surface area contributed by atoms with Crippen LogP contribution < -0.4 is 0 Å². The zero-order chi connectivity index (χ0) is 11.4. The van der Waals surface area contributed by atoms with E-state index in [0.29, 0.717) is 5.56 Å². The molecule has 0 saturated carbocycles. The van der Waals surface area contributed by atoms with Crippen LogP contribution in [0.5, 0.6) is 0 Å². The molecule has 1 aromatic rings. The Morgan fingerprint density at radius 2 is 2.07 bits per heavy atom. The summed E-state index contributed by atoms with van der Waals surface area (Å²) in [5.41, 5.74) is 1.16. The highest BCUT2D eigenvalue weighted by molar-refractivity contribution is 6.17. The molecule has 0 aromatic heterocycles. The predicted molar refractivity (Wildman–Crippen MR) is 57.4 cm³/mol. The van der Waals surface area contributed by atoms with E-state index in [1.807, 2.05) is 0 Å². The summed E-state index contributed by atoms with van der Waals surface area (Å²) >= 11 is 5.45. The smallest absolute Gasteiger partial charge is 0.123 e. The van der Waals surface area contributed by atoms with E-state index in [-0.39, 0.29) is 12.3 Å². The fraction of sp³-hybridized carbons (Fsp3) is 0.455. The predicted octanol–water partition coefficient (Wildman–Crippen LogP) is 2.16. The highest BCUT2D eigenvalue weighted by Crippen LogP contribution is 2.23. The highest BCUT2D eigenvalue weighted by Gasteiger charge is 2.19. The monoisotopic (exact) mass is 232 g/mol. The van der Waals surface area contributed by atoms with Gasteiger partial charge < -0.3 is 10.2 Å². The van der Waals surface area contributed by atoms with E-state index in [1.165, 1.54) is 12.1 Å². The van der Waals surface area contributed by atoms with Gasteiger partial charge in [-0.05, 0) is 36.6 Å². The Hall–Kier alpha value is -0.640. The molecule has 0 radical (unpaired) electrons. The number of hydrogen-bond donors (Lipinski definition) is 2. The third-order valence-corrected chi connectivity index (χ3v) is 2.55. The van der Waals surface area contributed by atoms with Crippen molar-refractivity contribution in [2.75, 3.05) is 5.88 Å². The lowest BCUT2D eigenvalue weighted by atomic mass is 9.98. The Morgan fingerprint density at radius 1 is 1.40 bits per heavy atom. The van der Waals surface area contributed by atoms with Crippen molar-refractivity contribution in [2.45, 2.75) is 25.6 Å². The summed E-state index contributed by atoms with van der Waals surface area (Å²) in [6.45, 7) is 1.76. The first-order chi connectivity index (χ1) is 7.06. The average Bonchev–Trinajstić information content (AvgIpc) is 2.21. The zero-order valence-electron chi connectivity index (χ0n) is 8.45. The number of benzene rings is 1. The molecule has 0 saturated heterocycles. The van der Waals surface area contributed by atoms with Crippen LogP contribution in [0.15, 0.2) is 18.2 Å². The van der Waals surface area contributed by atoms with Crippen molar-refractivity contribution < 1.29 is 14.6 Å². The van der Waals surface area contributed by atoms with Crippen LogP contribution in [-0.2, 0) is 0 Å². The summed E-state index contributed by atoms with van der Waals surface area (Å²) in [7, 11) is 0. The lowest BCUT2D eigenvalue weighted by molar-refractivity contribution is 0.0165. The van der Waals surface area contributed by atoms with Gasteiger partial charge >= 0.3 is 0 Å². The summed E-state index contributed by atoms with van der Waals surface area (Å²) < 4.78 is 12.9. The van der Waals surface area contributed by atoms with Gasteiger partial charge in [0.1, 0.15) is 11.9 Å². The molecule has 0 amide bonds. The van der Waals surface area contributed by atoms with E-state index in [9.17, 15) is 14.6 Å². The molecule has 2 N–H and O–H groups in total. The Labute approximate surface area is 93.3 Å². The first-order valence-electron chi connectivity index (χ1n) is 4.74. The molecular weight excluding hydrogens is 219 g/mol. The van der Waals surface area contributed by atoms with Gasteiger partial charge in [0, 0.05) is 5.88 Å². The van der Waals surface area contributed by atoms with Gasteiger partial charge in [-0.2, -0.15) is 0 Å². The third-order valence-electron chi connectivity index (χ3n) is 2.33. The molecule has 2 unspecified atom stereocenters. The van der Waals surface area contributed by atoms with Gasteiger partial charge in [0.05, 0.1) is 6.10 Å². The molecule has 15 heavy (non-hydrogen) atoms. The molecule has 0 spiro atoms. The van der Waals surface area contributed by atoms with E-state index < -0.39 is 18.0 Å². The van der Waals surface area contributed by atoms with Crippen molar-refractivity contribution in [3.63, 3.8) is 0 Å². The maximum absolute atomic E-state index is 12.9. The Balaban J connectivity index is 2.89. The minimum absolute atomic E-state index is 0.257. The summed E-state index contributed by atoms with van der Waals surface area (Å²) in [6.07, 6.45) is -1.76. The van der Waals surface area contributed by atoms with Gasteiger partial charge in [-0.1, -0.05) is 6.07 Å². The fourth-order valence-corrected chi connectivity index (χ4v) is 1.63. The van der Waals surface area contributed by atoms with Crippen LogP contribution in [0.2, 0.25) is 0 Å². The van der Waals surface area contributed by atoms with Crippen LogP contribution in [0.25, 0.3) is 0 Å².